The molecule has 1 heteroatoms. The maximum Gasteiger partial charge on any atom is 0.0583 e. The summed E-state index contributed by atoms with van der Waals surface area (Å²) in [6, 6.07) is 0. The van der Waals surface area contributed by atoms with Crippen molar-refractivity contribution < 1.29 is 4.74 Å². The molecule has 0 N–H and O–H groups in total. The average Bonchev–Trinajstić information content (AvgIpc) is 2.35. The monoisotopic (exact) mass is 326 g/mol. The minimum Gasteiger partial charge on any atom is -0.375 e. The Hall–Kier alpha value is -0.0400. The van der Waals surface area contributed by atoms with Gasteiger partial charge in [0.05, 0.1) is 12.2 Å². The fraction of sp³-hybridized carbons (Fsp3) is 1.00. The Morgan fingerprint density at radius 1 is 0.609 bits per heavy atom. The van der Waals surface area contributed by atoms with Crippen molar-refractivity contribution in [1.29, 1.82) is 0 Å². The molecule has 0 saturated heterocycles. The Morgan fingerprint density at radius 3 is 1.22 bits per heavy atom. The first-order valence-corrected chi connectivity index (χ1v) is 10.2. The molecule has 0 aromatic carbocycles. The van der Waals surface area contributed by atoms with Gasteiger partial charge in [-0.1, -0.05) is 93.9 Å². The van der Waals surface area contributed by atoms with E-state index in [9.17, 15) is 0 Å². The van der Waals surface area contributed by atoms with E-state index in [2.05, 4.69) is 55.4 Å². The maximum absolute atomic E-state index is 6.70. The molecule has 0 amide bonds. The summed E-state index contributed by atoms with van der Waals surface area (Å²) in [7, 11) is 0. The van der Waals surface area contributed by atoms with E-state index in [1.807, 2.05) is 0 Å². The highest BCUT2D eigenvalue weighted by Crippen LogP contribution is 2.31. The van der Waals surface area contributed by atoms with Crippen LogP contribution in [0, 0.1) is 10.8 Å². The summed E-state index contributed by atoms with van der Waals surface area (Å²) in [5.74, 6) is 0. The van der Waals surface area contributed by atoms with Crippen molar-refractivity contribution in [2.75, 3.05) is 0 Å². The topological polar surface area (TPSA) is 9.23 Å². The van der Waals surface area contributed by atoms with Crippen molar-refractivity contribution in [1.82, 2.24) is 0 Å². The second-order valence-electron chi connectivity index (χ2n) is 9.90. The molecule has 0 fully saturated rings. The zero-order valence-electron chi connectivity index (χ0n) is 17.6. The lowest BCUT2D eigenvalue weighted by Gasteiger charge is -2.33. The highest BCUT2D eigenvalue weighted by molar-refractivity contribution is 4.75. The molecule has 0 spiro atoms. The molecule has 0 bridgehead atoms. The van der Waals surface area contributed by atoms with E-state index in [1.165, 1.54) is 64.2 Å². The normalized spacial score (nSPS) is 15.7. The molecule has 2 unspecified atom stereocenters. The highest BCUT2D eigenvalue weighted by Gasteiger charge is 2.25. The second-order valence-corrected chi connectivity index (χ2v) is 9.90. The van der Waals surface area contributed by atoms with Crippen molar-refractivity contribution in [2.24, 2.45) is 10.8 Å². The highest BCUT2D eigenvalue weighted by atomic mass is 16.5. The first-order valence-electron chi connectivity index (χ1n) is 10.2. The van der Waals surface area contributed by atoms with E-state index < -0.39 is 0 Å². The number of hydrogen-bond acceptors (Lipinski definition) is 1. The lowest BCUT2D eigenvalue weighted by atomic mass is 9.85. The summed E-state index contributed by atoms with van der Waals surface area (Å²) < 4.78 is 6.70. The molecule has 0 aromatic heterocycles. The number of hydrogen-bond donors (Lipinski definition) is 0. The van der Waals surface area contributed by atoms with Crippen LogP contribution in [0.2, 0.25) is 0 Å². The quantitative estimate of drug-likeness (QED) is 0.333. The lowest BCUT2D eigenvalue weighted by molar-refractivity contribution is -0.0554. The number of unbranched alkanes of at least 4 members (excludes halogenated alkanes) is 4. The van der Waals surface area contributed by atoms with Crippen LogP contribution in [0.3, 0.4) is 0 Å². The Labute approximate surface area is 148 Å². The third-order valence-corrected chi connectivity index (χ3v) is 4.32. The van der Waals surface area contributed by atoms with E-state index >= 15 is 0 Å². The summed E-state index contributed by atoms with van der Waals surface area (Å²) in [6.07, 6.45) is 13.6. The minimum atomic E-state index is 0.354. The van der Waals surface area contributed by atoms with Crippen LogP contribution < -0.4 is 0 Å². The van der Waals surface area contributed by atoms with E-state index in [0.29, 0.717) is 23.0 Å². The fourth-order valence-electron chi connectivity index (χ4n) is 3.32. The van der Waals surface area contributed by atoms with Gasteiger partial charge in [-0.2, -0.15) is 0 Å². The first-order chi connectivity index (χ1) is 10.6. The molecule has 0 heterocycles. The van der Waals surface area contributed by atoms with E-state index in [4.69, 9.17) is 4.74 Å². The Balaban J connectivity index is 4.70. The molecule has 0 radical (unpaired) electrons. The molecule has 0 aromatic rings. The number of rotatable bonds is 12. The molecule has 0 aliphatic rings. The molecule has 140 valence electrons. The Kier molecular flexibility index (Phi) is 11.5. The third kappa shape index (κ3) is 15.2. The first kappa shape index (κ1) is 23.0. The predicted molar refractivity (Wildman–Crippen MR) is 105 cm³/mol. The lowest BCUT2D eigenvalue weighted by Crippen LogP contribution is -2.29. The second kappa shape index (κ2) is 11.5. The minimum absolute atomic E-state index is 0.354. The maximum atomic E-state index is 6.70. The SMILES string of the molecule is CCCCCC(CC(C)(C)C)OC(CCCCC)CC(C)(C)C. The summed E-state index contributed by atoms with van der Waals surface area (Å²) in [5, 5.41) is 0. The van der Waals surface area contributed by atoms with Crippen molar-refractivity contribution >= 4 is 0 Å². The van der Waals surface area contributed by atoms with Gasteiger partial charge in [-0.3, -0.25) is 0 Å². The largest absolute Gasteiger partial charge is 0.375 e. The van der Waals surface area contributed by atoms with Gasteiger partial charge in [-0.15, -0.1) is 0 Å². The standard InChI is InChI=1S/C22H46O/c1-9-11-13-15-19(17-21(3,4)5)23-20(16-14-12-10-2)18-22(6,7)8/h19-20H,9-18H2,1-8H3. The van der Waals surface area contributed by atoms with Gasteiger partial charge in [0.1, 0.15) is 0 Å². The van der Waals surface area contributed by atoms with Crippen LogP contribution in [0.5, 0.6) is 0 Å². The van der Waals surface area contributed by atoms with Crippen LogP contribution in [-0.4, -0.2) is 12.2 Å². The van der Waals surface area contributed by atoms with Gasteiger partial charge in [0.15, 0.2) is 0 Å². The average molecular weight is 327 g/mol. The van der Waals surface area contributed by atoms with Crippen LogP contribution in [0.15, 0.2) is 0 Å². The molecule has 1 nitrogen and oxygen atoms in total. The molecule has 0 aliphatic heterocycles. The molecule has 0 rings (SSSR count). The number of ether oxygens (including phenoxy) is 1. The van der Waals surface area contributed by atoms with Gasteiger partial charge >= 0.3 is 0 Å². The summed E-state index contributed by atoms with van der Waals surface area (Å²) in [5.41, 5.74) is 0.708. The van der Waals surface area contributed by atoms with Gasteiger partial charge in [-0.25, -0.2) is 0 Å². The smallest absolute Gasteiger partial charge is 0.0583 e. The summed E-state index contributed by atoms with van der Waals surface area (Å²) in [6.45, 7) is 18.6. The zero-order chi connectivity index (χ0) is 17.9. The van der Waals surface area contributed by atoms with Crippen LogP contribution >= 0.6 is 0 Å². The van der Waals surface area contributed by atoms with Gasteiger partial charge in [0.2, 0.25) is 0 Å². The molecule has 2 atom stereocenters. The van der Waals surface area contributed by atoms with Crippen LogP contribution in [0.25, 0.3) is 0 Å². The van der Waals surface area contributed by atoms with Crippen LogP contribution in [0.1, 0.15) is 120 Å². The predicted octanol–water partition coefficient (Wildman–Crippen LogP) is 7.77. The molecule has 0 saturated carbocycles. The van der Waals surface area contributed by atoms with Crippen molar-refractivity contribution in [3.8, 4) is 0 Å². The van der Waals surface area contributed by atoms with Crippen molar-refractivity contribution in [3.05, 3.63) is 0 Å². The van der Waals surface area contributed by atoms with Gasteiger partial charge < -0.3 is 4.74 Å². The van der Waals surface area contributed by atoms with Crippen LogP contribution in [0.4, 0.5) is 0 Å². The van der Waals surface area contributed by atoms with Crippen molar-refractivity contribution in [3.63, 3.8) is 0 Å². The van der Waals surface area contributed by atoms with E-state index in [1.54, 1.807) is 0 Å². The zero-order valence-corrected chi connectivity index (χ0v) is 17.6. The van der Waals surface area contributed by atoms with E-state index in [0.717, 1.165) is 0 Å². The molecular weight excluding hydrogens is 280 g/mol. The summed E-state index contributed by atoms with van der Waals surface area (Å²) >= 11 is 0. The van der Waals surface area contributed by atoms with E-state index in [-0.39, 0.29) is 0 Å². The van der Waals surface area contributed by atoms with Gasteiger partial charge in [0.25, 0.3) is 0 Å². The summed E-state index contributed by atoms with van der Waals surface area (Å²) in [4.78, 5) is 0. The van der Waals surface area contributed by atoms with Gasteiger partial charge in [-0.05, 0) is 36.5 Å². The molecule has 23 heavy (non-hydrogen) atoms. The van der Waals surface area contributed by atoms with Crippen LogP contribution in [-0.2, 0) is 4.74 Å². The van der Waals surface area contributed by atoms with Gasteiger partial charge in [0, 0.05) is 0 Å². The fourth-order valence-corrected chi connectivity index (χ4v) is 3.32. The molecule has 0 aliphatic carbocycles. The third-order valence-electron chi connectivity index (χ3n) is 4.32. The Morgan fingerprint density at radius 2 is 0.957 bits per heavy atom. The molecular formula is C22H46O. The van der Waals surface area contributed by atoms with Crippen molar-refractivity contribution in [2.45, 2.75) is 132 Å². The Bertz CT molecular complexity index is 241.